The van der Waals surface area contributed by atoms with E-state index < -0.39 is 0 Å². The summed E-state index contributed by atoms with van der Waals surface area (Å²) in [5.74, 6) is 0. The lowest BCUT2D eigenvalue weighted by Crippen LogP contribution is -2.58. The van der Waals surface area contributed by atoms with Crippen LogP contribution in [0.25, 0.3) is 0 Å². The Bertz CT molecular complexity index is 310. The van der Waals surface area contributed by atoms with Crippen molar-refractivity contribution in [3.05, 3.63) is 34.9 Å². The molecular formula is C10H12ClNO. The number of benzene rings is 1. The zero-order valence-electron chi connectivity index (χ0n) is 7.29. The highest BCUT2D eigenvalue weighted by molar-refractivity contribution is 6.31. The first kappa shape index (κ1) is 9.00. The van der Waals surface area contributed by atoms with Gasteiger partial charge < -0.3 is 10.5 Å². The van der Waals surface area contributed by atoms with Crippen molar-refractivity contribution in [3.8, 4) is 0 Å². The summed E-state index contributed by atoms with van der Waals surface area (Å²) in [6.07, 6.45) is 0.798. The molecule has 0 spiro atoms. The standard InChI is InChI=1S/C10H12ClNO/c11-9-4-2-1-3-8(9)5-10(12)6-13-7-10/h1-4H,5-7,12H2. The second-order valence-corrected chi connectivity index (χ2v) is 4.03. The van der Waals surface area contributed by atoms with E-state index in [4.69, 9.17) is 22.1 Å². The summed E-state index contributed by atoms with van der Waals surface area (Å²) in [4.78, 5) is 0. The van der Waals surface area contributed by atoms with Gasteiger partial charge in [0.2, 0.25) is 0 Å². The third-order valence-corrected chi connectivity index (χ3v) is 2.65. The van der Waals surface area contributed by atoms with Crippen molar-refractivity contribution in [2.75, 3.05) is 13.2 Å². The first-order valence-corrected chi connectivity index (χ1v) is 4.67. The maximum absolute atomic E-state index is 6.02. The molecule has 1 heterocycles. The zero-order valence-corrected chi connectivity index (χ0v) is 8.05. The van der Waals surface area contributed by atoms with E-state index in [2.05, 4.69) is 0 Å². The van der Waals surface area contributed by atoms with E-state index in [1.54, 1.807) is 0 Å². The molecule has 0 radical (unpaired) electrons. The van der Waals surface area contributed by atoms with E-state index >= 15 is 0 Å². The highest BCUT2D eigenvalue weighted by Crippen LogP contribution is 2.24. The van der Waals surface area contributed by atoms with Gasteiger partial charge in [-0.1, -0.05) is 29.8 Å². The lowest BCUT2D eigenvalue weighted by Gasteiger charge is -2.38. The molecule has 2 N–H and O–H groups in total. The monoisotopic (exact) mass is 197 g/mol. The molecule has 1 aliphatic rings. The SMILES string of the molecule is NC1(Cc2ccccc2Cl)COC1. The van der Waals surface area contributed by atoms with Gasteiger partial charge in [0.05, 0.1) is 18.8 Å². The average Bonchev–Trinajstić information content (AvgIpc) is 2.06. The lowest BCUT2D eigenvalue weighted by molar-refractivity contribution is -0.0529. The highest BCUT2D eigenvalue weighted by atomic mass is 35.5. The van der Waals surface area contributed by atoms with E-state index in [0.717, 1.165) is 17.0 Å². The highest BCUT2D eigenvalue weighted by Gasteiger charge is 2.34. The summed E-state index contributed by atoms with van der Waals surface area (Å²) in [5.41, 5.74) is 6.94. The predicted molar refractivity (Wildman–Crippen MR) is 52.9 cm³/mol. The van der Waals surface area contributed by atoms with E-state index in [1.165, 1.54) is 0 Å². The van der Waals surface area contributed by atoms with Gasteiger partial charge in [-0.2, -0.15) is 0 Å². The first-order valence-electron chi connectivity index (χ1n) is 4.30. The van der Waals surface area contributed by atoms with Gasteiger partial charge in [-0.25, -0.2) is 0 Å². The van der Waals surface area contributed by atoms with Crippen LogP contribution >= 0.6 is 11.6 Å². The largest absolute Gasteiger partial charge is 0.377 e. The minimum absolute atomic E-state index is 0.189. The van der Waals surface area contributed by atoms with Crippen LogP contribution in [0.15, 0.2) is 24.3 Å². The van der Waals surface area contributed by atoms with Gasteiger partial charge in [0.25, 0.3) is 0 Å². The first-order chi connectivity index (χ1) is 6.20. The van der Waals surface area contributed by atoms with Crippen LogP contribution in [-0.4, -0.2) is 18.8 Å². The fourth-order valence-corrected chi connectivity index (χ4v) is 1.69. The number of nitrogens with two attached hydrogens (primary N) is 1. The Kier molecular flexibility index (Phi) is 2.28. The molecule has 1 saturated heterocycles. The molecule has 2 rings (SSSR count). The van der Waals surface area contributed by atoms with Crippen LogP contribution in [0.4, 0.5) is 0 Å². The van der Waals surface area contributed by atoms with E-state index in [0.29, 0.717) is 13.2 Å². The molecule has 13 heavy (non-hydrogen) atoms. The van der Waals surface area contributed by atoms with Crippen LogP contribution in [-0.2, 0) is 11.2 Å². The minimum atomic E-state index is -0.189. The average molecular weight is 198 g/mol. The van der Waals surface area contributed by atoms with E-state index in [9.17, 15) is 0 Å². The number of rotatable bonds is 2. The van der Waals surface area contributed by atoms with E-state index in [-0.39, 0.29) is 5.54 Å². The van der Waals surface area contributed by atoms with Gasteiger partial charge >= 0.3 is 0 Å². The molecule has 0 atom stereocenters. The molecule has 0 aliphatic carbocycles. The van der Waals surface area contributed by atoms with Gasteiger partial charge in [0, 0.05) is 5.02 Å². The molecule has 70 valence electrons. The number of ether oxygens (including phenoxy) is 1. The topological polar surface area (TPSA) is 35.2 Å². The number of halogens is 1. The second-order valence-electron chi connectivity index (χ2n) is 3.62. The van der Waals surface area contributed by atoms with Crippen molar-refractivity contribution in [2.24, 2.45) is 5.73 Å². The second kappa shape index (κ2) is 3.29. The summed E-state index contributed by atoms with van der Waals surface area (Å²) >= 11 is 6.01. The van der Waals surface area contributed by atoms with Crippen molar-refractivity contribution < 1.29 is 4.74 Å². The predicted octanol–water partition coefficient (Wildman–Crippen LogP) is 1.61. The van der Waals surface area contributed by atoms with Crippen LogP contribution in [0, 0.1) is 0 Å². The Hall–Kier alpha value is -0.570. The third kappa shape index (κ3) is 1.85. The van der Waals surface area contributed by atoms with Gasteiger partial charge in [0.15, 0.2) is 0 Å². The summed E-state index contributed by atoms with van der Waals surface area (Å²) in [6, 6.07) is 7.80. The van der Waals surface area contributed by atoms with Gasteiger partial charge in [-0.15, -0.1) is 0 Å². The summed E-state index contributed by atoms with van der Waals surface area (Å²) in [5, 5.41) is 0.791. The molecule has 1 fully saturated rings. The Balaban J connectivity index is 2.13. The number of hydrogen-bond donors (Lipinski definition) is 1. The molecule has 0 unspecified atom stereocenters. The number of hydrogen-bond acceptors (Lipinski definition) is 2. The zero-order chi connectivity index (χ0) is 9.31. The van der Waals surface area contributed by atoms with Gasteiger partial charge in [-0.05, 0) is 18.1 Å². The van der Waals surface area contributed by atoms with Crippen LogP contribution in [0.5, 0.6) is 0 Å². The Morgan fingerprint density at radius 3 is 2.62 bits per heavy atom. The van der Waals surface area contributed by atoms with Crippen LogP contribution < -0.4 is 5.73 Å². The smallest absolute Gasteiger partial charge is 0.0673 e. The third-order valence-electron chi connectivity index (χ3n) is 2.28. The summed E-state index contributed by atoms with van der Waals surface area (Å²) in [6.45, 7) is 1.27. The van der Waals surface area contributed by atoms with Crippen molar-refractivity contribution in [1.29, 1.82) is 0 Å². The van der Waals surface area contributed by atoms with Crippen molar-refractivity contribution >= 4 is 11.6 Å². The van der Waals surface area contributed by atoms with Crippen molar-refractivity contribution in [2.45, 2.75) is 12.0 Å². The Morgan fingerprint density at radius 2 is 2.08 bits per heavy atom. The fraction of sp³-hybridized carbons (Fsp3) is 0.400. The van der Waals surface area contributed by atoms with Crippen molar-refractivity contribution in [3.63, 3.8) is 0 Å². The molecule has 1 aromatic carbocycles. The normalized spacial score (nSPS) is 19.5. The lowest BCUT2D eigenvalue weighted by atomic mass is 9.90. The van der Waals surface area contributed by atoms with Gasteiger partial charge in [-0.3, -0.25) is 0 Å². The molecule has 2 nitrogen and oxygen atoms in total. The van der Waals surface area contributed by atoms with Crippen LogP contribution in [0.2, 0.25) is 5.02 Å². The van der Waals surface area contributed by atoms with Crippen molar-refractivity contribution in [1.82, 2.24) is 0 Å². The maximum atomic E-state index is 6.02. The molecule has 3 heteroatoms. The van der Waals surface area contributed by atoms with E-state index in [1.807, 2.05) is 24.3 Å². The molecule has 0 bridgehead atoms. The Morgan fingerprint density at radius 1 is 1.38 bits per heavy atom. The van der Waals surface area contributed by atoms with Crippen LogP contribution in [0.1, 0.15) is 5.56 Å². The Labute approximate surface area is 82.6 Å². The molecular weight excluding hydrogens is 186 g/mol. The quantitative estimate of drug-likeness (QED) is 0.782. The molecule has 0 amide bonds. The molecule has 1 aliphatic heterocycles. The molecule has 1 aromatic rings. The summed E-state index contributed by atoms with van der Waals surface area (Å²) < 4.78 is 5.08. The fourth-order valence-electron chi connectivity index (χ4n) is 1.49. The maximum Gasteiger partial charge on any atom is 0.0673 e. The molecule has 0 saturated carbocycles. The minimum Gasteiger partial charge on any atom is -0.377 e. The van der Waals surface area contributed by atoms with Crippen LogP contribution in [0.3, 0.4) is 0 Å². The summed E-state index contributed by atoms with van der Waals surface area (Å²) in [7, 11) is 0. The van der Waals surface area contributed by atoms with Gasteiger partial charge in [0.1, 0.15) is 0 Å². The molecule has 0 aromatic heterocycles.